The fourth-order valence-electron chi connectivity index (χ4n) is 1.86. The highest BCUT2D eigenvalue weighted by Crippen LogP contribution is 2.29. The molecule has 0 amide bonds. The minimum atomic E-state index is -0.501. The molecule has 0 saturated carbocycles. The van der Waals surface area contributed by atoms with Crippen molar-refractivity contribution in [3.63, 3.8) is 0 Å². The van der Waals surface area contributed by atoms with E-state index in [1.54, 1.807) is 6.33 Å². The summed E-state index contributed by atoms with van der Waals surface area (Å²) >= 11 is 0. The van der Waals surface area contributed by atoms with Gasteiger partial charge in [-0.3, -0.25) is 4.90 Å². The van der Waals surface area contributed by atoms with Crippen molar-refractivity contribution in [2.24, 2.45) is 13.0 Å². The molecular weight excluding hydrogens is 192 g/mol. The van der Waals surface area contributed by atoms with Crippen LogP contribution in [0.5, 0.6) is 0 Å². The number of likely N-dealkylation sites (tertiary alicyclic amines) is 1. The minimum absolute atomic E-state index is 0.313. The Balaban J connectivity index is 1.89. The van der Waals surface area contributed by atoms with Crippen LogP contribution < -0.4 is 0 Å². The molecule has 1 aliphatic heterocycles. The van der Waals surface area contributed by atoms with Gasteiger partial charge < -0.3 is 9.67 Å². The van der Waals surface area contributed by atoms with Gasteiger partial charge in [-0.05, 0) is 5.92 Å². The van der Waals surface area contributed by atoms with Crippen LogP contribution in [0.25, 0.3) is 0 Å². The zero-order chi connectivity index (χ0) is 11.1. The van der Waals surface area contributed by atoms with Gasteiger partial charge in [0.2, 0.25) is 0 Å². The molecule has 1 aromatic rings. The van der Waals surface area contributed by atoms with Gasteiger partial charge in [0.25, 0.3) is 0 Å². The summed E-state index contributed by atoms with van der Waals surface area (Å²) < 4.78 is 1.91. The van der Waals surface area contributed by atoms with E-state index in [2.05, 4.69) is 28.9 Å². The maximum Gasteiger partial charge on any atom is 0.146 e. The third-order valence-corrected chi connectivity index (χ3v) is 3.24. The molecule has 1 fully saturated rings. The first-order valence-corrected chi connectivity index (χ1v) is 5.29. The van der Waals surface area contributed by atoms with Crippen LogP contribution in [0.1, 0.15) is 19.7 Å². The molecule has 5 nitrogen and oxygen atoms in total. The Bertz CT molecular complexity index is 341. The second-order valence-corrected chi connectivity index (χ2v) is 4.76. The highest BCUT2D eigenvalue weighted by Gasteiger charge is 2.43. The average molecular weight is 210 g/mol. The fourth-order valence-corrected chi connectivity index (χ4v) is 1.86. The topological polar surface area (TPSA) is 54.2 Å². The minimum Gasteiger partial charge on any atom is -0.387 e. The predicted molar refractivity (Wildman–Crippen MR) is 56.1 cm³/mol. The summed E-state index contributed by atoms with van der Waals surface area (Å²) in [6.45, 7) is 6.35. The van der Waals surface area contributed by atoms with E-state index < -0.39 is 5.60 Å². The number of rotatable bonds is 3. The van der Waals surface area contributed by atoms with Crippen molar-refractivity contribution in [1.29, 1.82) is 0 Å². The van der Waals surface area contributed by atoms with Crippen LogP contribution in [0, 0.1) is 5.92 Å². The highest BCUT2D eigenvalue weighted by atomic mass is 16.3. The molecule has 2 heterocycles. The largest absolute Gasteiger partial charge is 0.387 e. The van der Waals surface area contributed by atoms with Crippen LogP contribution in [0.2, 0.25) is 0 Å². The summed E-state index contributed by atoms with van der Waals surface area (Å²) in [5.74, 6) is 1.26. The molecule has 84 valence electrons. The molecule has 0 spiro atoms. The second-order valence-electron chi connectivity index (χ2n) is 4.76. The van der Waals surface area contributed by atoms with Gasteiger partial charge in [-0.15, -0.1) is 10.2 Å². The molecule has 1 aromatic heterocycles. The first kappa shape index (κ1) is 10.6. The lowest BCUT2D eigenvalue weighted by Gasteiger charge is -2.48. The summed E-state index contributed by atoms with van der Waals surface area (Å²) in [6.07, 6.45) is 1.70. The molecule has 5 heteroatoms. The number of hydrogen-bond donors (Lipinski definition) is 1. The van der Waals surface area contributed by atoms with E-state index in [0.717, 1.165) is 25.5 Å². The molecule has 0 aromatic carbocycles. The van der Waals surface area contributed by atoms with Gasteiger partial charge in [-0.1, -0.05) is 13.8 Å². The number of aryl methyl sites for hydroxylation is 1. The normalized spacial score (nSPS) is 20.6. The lowest BCUT2D eigenvalue weighted by Crippen LogP contribution is -2.64. The van der Waals surface area contributed by atoms with E-state index in [-0.39, 0.29) is 0 Å². The van der Waals surface area contributed by atoms with E-state index >= 15 is 0 Å². The van der Waals surface area contributed by atoms with Gasteiger partial charge in [0.1, 0.15) is 12.2 Å². The third-order valence-electron chi connectivity index (χ3n) is 3.24. The van der Waals surface area contributed by atoms with Crippen molar-refractivity contribution in [2.75, 3.05) is 13.1 Å². The molecule has 0 radical (unpaired) electrons. The highest BCUT2D eigenvalue weighted by molar-refractivity contribution is 4.99. The predicted octanol–water partition coefficient (Wildman–Crippen LogP) is 0.0178. The van der Waals surface area contributed by atoms with Gasteiger partial charge in [0.05, 0.1) is 12.1 Å². The van der Waals surface area contributed by atoms with Crippen molar-refractivity contribution in [3.8, 4) is 0 Å². The zero-order valence-corrected chi connectivity index (χ0v) is 9.51. The Hall–Kier alpha value is -0.940. The zero-order valence-electron chi connectivity index (χ0n) is 9.51. The van der Waals surface area contributed by atoms with Crippen molar-refractivity contribution in [3.05, 3.63) is 12.2 Å². The number of nitrogens with zero attached hydrogens (tertiary/aromatic N) is 4. The van der Waals surface area contributed by atoms with Crippen LogP contribution in [0.15, 0.2) is 6.33 Å². The molecule has 1 N–H and O–H groups in total. The Morgan fingerprint density at radius 1 is 1.53 bits per heavy atom. The molecule has 1 aliphatic rings. The van der Waals surface area contributed by atoms with E-state index in [0.29, 0.717) is 5.92 Å². The van der Waals surface area contributed by atoms with E-state index in [1.165, 1.54) is 0 Å². The van der Waals surface area contributed by atoms with Crippen LogP contribution in [-0.2, 0) is 13.6 Å². The monoisotopic (exact) mass is 210 g/mol. The van der Waals surface area contributed by atoms with Crippen LogP contribution in [-0.4, -0.2) is 43.5 Å². The maximum atomic E-state index is 10.1. The molecule has 0 atom stereocenters. The van der Waals surface area contributed by atoms with Crippen molar-refractivity contribution < 1.29 is 5.11 Å². The van der Waals surface area contributed by atoms with Crippen molar-refractivity contribution >= 4 is 0 Å². The number of aliphatic hydroxyl groups is 1. The van der Waals surface area contributed by atoms with Crippen LogP contribution in [0.4, 0.5) is 0 Å². The van der Waals surface area contributed by atoms with E-state index in [4.69, 9.17) is 0 Å². The summed E-state index contributed by atoms with van der Waals surface area (Å²) in [7, 11) is 1.93. The quantitative estimate of drug-likeness (QED) is 0.764. The molecule has 15 heavy (non-hydrogen) atoms. The number of aromatic nitrogens is 3. The SMILES string of the molecule is CC(C)C1(O)CN(Cc2nncn2C)C1. The smallest absolute Gasteiger partial charge is 0.146 e. The molecule has 0 bridgehead atoms. The Kier molecular flexibility index (Phi) is 2.52. The standard InChI is InChI=1S/C10H18N4O/c1-8(2)10(15)5-14(6-10)4-9-12-11-7-13(9)3/h7-8,15H,4-6H2,1-3H3. The molecule has 0 aliphatic carbocycles. The second kappa shape index (κ2) is 3.57. The summed E-state index contributed by atoms with van der Waals surface area (Å²) in [4.78, 5) is 2.18. The van der Waals surface area contributed by atoms with Gasteiger partial charge in [-0.2, -0.15) is 0 Å². The first-order valence-electron chi connectivity index (χ1n) is 5.29. The van der Waals surface area contributed by atoms with E-state index in [1.807, 2.05) is 11.6 Å². The third kappa shape index (κ3) is 1.89. The van der Waals surface area contributed by atoms with Gasteiger partial charge >= 0.3 is 0 Å². The average Bonchev–Trinajstić information content (AvgIpc) is 2.48. The van der Waals surface area contributed by atoms with Gasteiger partial charge in [0, 0.05) is 20.1 Å². The van der Waals surface area contributed by atoms with Gasteiger partial charge in [-0.25, -0.2) is 0 Å². The lowest BCUT2D eigenvalue weighted by atomic mass is 9.83. The molecule has 1 saturated heterocycles. The maximum absolute atomic E-state index is 10.1. The molecule has 2 rings (SSSR count). The molecule has 0 unspecified atom stereocenters. The summed E-state index contributed by atoms with van der Waals surface area (Å²) in [5.41, 5.74) is -0.501. The van der Waals surface area contributed by atoms with Crippen molar-refractivity contribution in [2.45, 2.75) is 26.0 Å². The molecular formula is C10H18N4O. The van der Waals surface area contributed by atoms with Crippen molar-refractivity contribution in [1.82, 2.24) is 19.7 Å². The fraction of sp³-hybridized carbons (Fsp3) is 0.800. The Labute approximate surface area is 89.7 Å². The van der Waals surface area contributed by atoms with Crippen LogP contribution >= 0.6 is 0 Å². The van der Waals surface area contributed by atoms with Crippen LogP contribution in [0.3, 0.4) is 0 Å². The van der Waals surface area contributed by atoms with Gasteiger partial charge in [0.15, 0.2) is 0 Å². The number of hydrogen-bond acceptors (Lipinski definition) is 4. The summed E-state index contributed by atoms with van der Waals surface area (Å²) in [6, 6.07) is 0. The Morgan fingerprint density at radius 2 is 2.20 bits per heavy atom. The Morgan fingerprint density at radius 3 is 2.67 bits per heavy atom. The first-order chi connectivity index (χ1) is 7.01. The summed E-state index contributed by atoms with van der Waals surface area (Å²) in [5, 5.41) is 17.9. The van der Waals surface area contributed by atoms with E-state index in [9.17, 15) is 5.11 Å². The lowest BCUT2D eigenvalue weighted by molar-refractivity contribution is -0.131. The number of β-amino-alcohol motifs (C(OH)–C–C–N with tert-alkyl or cyclic N) is 1.